The summed E-state index contributed by atoms with van der Waals surface area (Å²) in [7, 11) is -2.37. The van der Waals surface area contributed by atoms with Gasteiger partial charge in [-0.1, -0.05) is 83.1 Å². The third-order valence-corrected chi connectivity index (χ3v) is 6.92. The molecule has 0 bridgehead atoms. The van der Waals surface area contributed by atoms with Gasteiger partial charge in [0.2, 0.25) is 0 Å². The van der Waals surface area contributed by atoms with E-state index >= 15 is 0 Å². The molecule has 0 amide bonds. The van der Waals surface area contributed by atoms with Crippen LogP contribution in [0.5, 0.6) is 11.5 Å². The van der Waals surface area contributed by atoms with Gasteiger partial charge in [-0.05, 0) is 79.3 Å². The lowest BCUT2D eigenvalue weighted by Crippen LogP contribution is -2.18. The van der Waals surface area contributed by atoms with Crippen LogP contribution in [0.4, 0.5) is 0 Å². The molecule has 0 saturated carbocycles. The van der Waals surface area contributed by atoms with Gasteiger partial charge >= 0.3 is 8.25 Å². The Morgan fingerprint density at radius 3 is 0.972 bits per heavy atom. The van der Waals surface area contributed by atoms with E-state index in [-0.39, 0.29) is 34.9 Å². The van der Waals surface area contributed by atoms with Gasteiger partial charge in [0.05, 0.1) is 0 Å². The molecule has 0 aliphatic heterocycles. The summed E-state index contributed by atoms with van der Waals surface area (Å²) in [6.45, 7) is 24.9. The zero-order valence-electron chi connectivity index (χ0n) is 24.3. The van der Waals surface area contributed by atoms with Crippen molar-refractivity contribution in [3.63, 3.8) is 0 Å². The van der Waals surface area contributed by atoms with Gasteiger partial charge in [0.25, 0.3) is 0 Å². The Kier molecular flexibility index (Phi) is 8.78. The van der Waals surface area contributed by atoms with Gasteiger partial charge in [-0.3, -0.25) is 0 Å². The molecule has 2 rings (SSSR count). The molecule has 36 heavy (non-hydrogen) atoms. The second-order valence-electron chi connectivity index (χ2n) is 13.8. The van der Waals surface area contributed by atoms with Gasteiger partial charge in [-0.2, -0.15) is 0 Å². The van der Waals surface area contributed by atoms with Crippen molar-refractivity contribution in [2.75, 3.05) is 0 Å². The van der Waals surface area contributed by atoms with Gasteiger partial charge in [0.1, 0.15) is 24.7 Å². The number of phenols is 2. The van der Waals surface area contributed by atoms with Crippen molar-refractivity contribution in [1.82, 2.24) is 0 Å². The van der Waals surface area contributed by atoms with Gasteiger partial charge in [0.15, 0.2) is 0 Å². The van der Waals surface area contributed by atoms with Crippen molar-refractivity contribution in [2.45, 2.75) is 118 Å². The minimum absolute atomic E-state index is 0.109. The lowest BCUT2D eigenvalue weighted by Gasteiger charge is -2.28. The molecule has 0 atom stereocenters. The Labute approximate surface area is 219 Å². The van der Waals surface area contributed by atoms with Crippen LogP contribution in [0.25, 0.3) is 0 Å². The number of rotatable bonds is 6. The van der Waals surface area contributed by atoms with Crippen LogP contribution in [-0.4, -0.2) is 10.2 Å². The minimum Gasteiger partial charge on any atom is -0.507 e. The first-order chi connectivity index (χ1) is 16.1. The lowest BCUT2D eigenvalue weighted by atomic mass is 9.78. The fourth-order valence-electron chi connectivity index (χ4n) is 4.13. The molecule has 2 N–H and O–H groups in total. The van der Waals surface area contributed by atoms with Crippen molar-refractivity contribution in [1.29, 1.82) is 0 Å². The molecule has 0 aliphatic rings. The Bertz CT molecular complexity index is 949. The standard InChI is InChI=1S/C30H45O5P/c1-27(2,3)21-13-19(14-22(25(21)31)28(4,5)6)17-34-36(33)35-18-20-15-23(29(7,8)9)26(32)24(16-20)30(10,11)12/h13-16H,17-18H2,1-12H3,(H-,31,32)/p+1. The fourth-order valence-corrected chi connectivity index (χ4v) is 4.72. The SMILES string of the molecule is CC(C)(C)c1cc(CO[P+](=O)OCc2cc(C(C)(C)C)c(O)c(C(C)(C)C)c2)cc(C(C)(C)C)c1O. The summed E-state index contributed by atoms with van der Waals surface area (Å²) in [5, 5.41) is 21.8. The van der Waals surface area contributed by atoms with E-state index in [1.165, 1.54) is 0 Å². The van der Waals surface area contributed by atoms with Gasteiger partial charge < -0.3 is 10.2 Å². The monoisotopic (exact) mass is 517 g/mol. The van der Waals surface area contributed by atoms with Crippen LogP contribution < -0.4 is 0 Å². The Morgan fingerprint density at radius 1 is 0.556 bits per heavy atom. The summed E-state index contributed by atoms with van der Waals surface area (Å²) in [6.07, 6.45) is 0. The molecule has 6 heteroatoms. The largest absolute Gasteiger partial charge is 0.698 e. The van der Waals surface area contributed by atoms with E-state index in [4.69, 9.17) is 9.05 Å². The van der Waals surface area contributed by atoms with Crippen LogP contribution in [0.3, 0.4) is 0 Å². The number of benzene rings is 2. The average molecular weight is 518 g/mol. The molecule has 2 aromatic rings. The molecule has 200 valence electrons. The van der Waals surface area contributed by atoms with E-state index in [2.05, 4.69) is 83.1 Å². The minimum atomic E-state index is -2.37. The summed E-state index contributed by atoms with van der Waals surface area (Å²) < 4.78 is 23.9. The van der Waals surface area contributed by atoms with Crippen molar-refractivity contribution >= 4 is 8.25 Å². The maximum absolute atomic E-state index is 12.7. The quantitative estimate of drug-likeness (QED) is 0.375. The number of hydrogen-bond acceptors (Lipinski definition) is 5. The highest BCUT2D eigenvalue weighted by Crippen LogP contribution is 2.42. The van der Waals surface area contributed by atoms with Crippen molar-refractivity contribution < 1.29 is 23.8 Å². The first-order valence-electron chi connectivity index (χ1n) is 12.6. The molecule has 0 unspecified atom stereocenters. The first-order valence-corrected chi connectivity index (χ1v) is 13.7. The van der Waals surface area contributed by atoms with Crippen LogP contribution in [-0.2, 0) is 48.5 Å². The molecule has 0 radical (unpaired) electrons. The summed E-state index contributed by atoms with van der Waals surface area (Å²) in [5.41, 5.74) is 3.97. The number of aromatic hydroxyl groups is 2. The van der Waals surface area contributed by atoms with Crippen LogP contribution in [0.15, 0.2) is 24.3 Å². The van der Waals surface area contributed by atoms with Gasteiger partial charge in [-0.25, -0.2) is 0 Å². The highest BCUT2D eigenvalue weighted by molar-refractivity contribution is 7.33. The van der Waals surface area contributed by atoms with Gasteiger partial charge in [0, 0.05) is 4.57 Å². The highest BCUT2D eigenvalue weighted by atomic mass is 31.1. The smallest absolute Gasteiger partial charge is 0.507 e. The zero-order valence-corrected chi connectivity index (χ0v) is 25.2. The Morgan fingerprint density at radius 2 is 0.778 bits per heavy atom. The second-order valence-corrected chi connectivity index (χ2v) is 14.8. The second kappa shape index (κ2) is 10.4. The molecule has 0 aromatic heterocycles. The van der Waals surface area contributed by atoms with Crippen molar-refractivity contribution in [3.8, 4) is 11.5 Å². The summed E-state index contributed by atoms with van der Waals surface area (Å²) in [4.78, 5) is 0. The molecule has 0 saturated heterocycles. The highest BCUT2D eigenvalue weighted by Gasteiger charge is 2.30. The first kappa shape index (κ1) is 30.3. The molecule has 0 aliphatic carbocycles. The molecule has 0 heterocycles. The lowest BCUT2D eigenvalue weighted by molar-refractivity contribution is 0.212. The molecule has 0 spiro atoms. The van der Waals surface area contributed by atoms with E-state index in [9.17, 15) is 14.8 Å². The average Bonchev–Trinajstić information content (AvgIpc) is 2.68. The van der Waals surface area contributed by atoms with E-state index < -0.39 is 8.25 Å². The third kappa shape index (κ3) is 7.54. The normalized spacial score (nSPS) is 13.2. The summed E-state index contributed by atoms with van der Waals surface area (Å²) in [6, 6.07) is 7.66. The van der Waals surface area contributed by atoms with Gasteiger partial charge in [-0.15, -0.1) is 9.05 Å². The molecule has 5 nitrogen and oxygen atoms in total. The fraction of sp³-hybridized carbons (Fsp3) is 0.600. The summed E-state index contributed by atoms with van der Waals surface area (Å²) >= 11 is 0. The number of hydrogen-bond donors (Lipinski definition) is 2. The Balaban J connectivity index is 2.23. The Hall–Kier alpha value is -1.94. The van der Waals surface area contributed by atoms with E-state index in [0.717, 1.165) is 33.4 Å². The van der Waals surface area contributed by atoms with Crippen LogP contribution in [0.2, 0.25) is 0 Å². The van der Waals surface area contributed by atoms with E-state index in [1.807, 2.05) is 24.3 Å². The molecule has 2 aromatic carbocycles. The molecule has 0 fully saturated rings. The van der Waals surface area contributed by atoms with Crippen LogP contribution >= 0.6 is 8.25 Å². The van der Waals surface area contributed by atoms with Crippen molar-refractivity contribution in [3.05, 3.63) is 57.6 Å². The predicted molar refractivity (Wildman–Crippen MR) is 148 cm³/mol. The third-order valence-electron chi connectivity index (χ3n) is 6.24. The van der Waals surface area contributed by atoms with Crippen molar-refractivity contribution in [2.24, 2.45) is 0 Å². The van der Waals surface area contributed by atoms with E-state index in [1.54, 1.807) is 0 Å². The molecular formula is C30H46O5P+. The topological polar surface area (TPSA) is 76.0 Å². The van der Waals surface area contributed by atoms with Crippen LogP contribution in [0, 0.1) is 0 Å². The number of phenolic OH excluding ortho intramolecular Hbond substituents is 2. The van der Waals surface area contributed by atoms with E-state index in [0.29, 0.717) is 11.5 Å². The van der Waals surface area contributed by atoms with Crippen LogP contribution in [0.1, 0.15) is 116 Å². The maximum Gasteiger partial charge on any atom is 0.698 e. The zero-order chi connectivity index (χ0) is 27.9. The maximum atomic E-state index is 12.7. The predicted octanol–water partition coefficient (Wildman–Crippen LogP) is 8.68. The molecular weight excluding hydrogens is 471 g/mol. The summed E-state index contributed by atoms with van der Waals surface area (Å²) in [5.74, 6) is 0.604.